The predicted molar refractivity (Wildman–Crippen MR) is 77.4 cm³/mol. The van der Waals surface area contributed by atoms with Gasteiger partial charge in [-0.2, -0.15) is 0 Å². The molecule has 1 aromatic rings. The maximum absolute atomic E-state index is 5.92. The van der Waals surface area contributed by atoms with E-state index in [9.17, 15) is 0 Å². The maximum Gasteiger partial charge on any atom is 0.0547 e. The molecule has 0 aliphatic heterocycles. The Kier molecular flexibility index (Phi) is 6.30. The first-order valence-electron chi connectivity index (χ1n) is 6.93. The Morgan fingerprint density at radius 1 is 1.33 bits per heavy atom. The van der Waals surface area contributed by atoms with Gasteiger partial charge in [0.1, 0.15) is 0 Å². The molecule has 0 fully saturated rings. The number of nitrogens with zero attached hydrogens (tertiary/aromatic N) is 2. The Hall–Kier alpha value is -0.930. The lowest BCUT2D eigenvalue weighted by atomic mass is 10.0. The molecule has 1 aromatic heterocycles. The molecule has 0 saturated heterocycles. The van der Waals surface area contributed by atoms with Crippen LogP contribution in [-0.4, -0.2) is 29.0 Å². The van der Waals surface area contributed by atoms with Crippen molar-refractivity contribution >= 4 is 0 Å². The summed E-state index contributed by atoms with van der Waals surface area (Å²) in [5.74, 6) is 0.679. The fourth-order valence-corrected chi connectivity index (χ4v) is 2.33. The predicted octanol–water partition coefficient (Wildman–Crippen LogP) is 2.59. The highest BCUT2D eigenvalue weighted by atomic mass is 15.2. The summed E-state index contributed by atoms with van der Waals surface area (Å²) in [5, 5.41) is 0. The van der Waals surface area contributed by atoms with E-state index in [0.29, 0.717) is 12.0 Å². The quantitative estimate of drug-likeness (QED) is 0.807. The zero-order chi connectivity index (χ0) is 13.5. The maximum atomic E-state index is 5.92. The van der Waals surface area contributed by atoms with Gasteiger partial charge in [0.15, 0.2) is 0 Å². The van der Waals surface area contributed by atoms with Crippen LogP contribution in [0.1, 0.15) is 38.6 Å². The van der Waals surface area contributed by atoms with Crippen molar-refractivity contribution in [2.45, 2.75) is 46.7 Å². The Morgan fingerprint density at radius 3 is 2.56 bits per heavy atom. The van der Waals surface area contributed by atoms with Gasteiger partial charge in [-0.15, -0.1) is 0 Å². The van der Waals surface area contributed by atoms with Crippen LogP contribution >= 0.6 is 0 Å². The van der Waals surface area contributed by atoms with E-state index in [4.69, 9.17) is 5.73 Å². The van der Waals surface area contributed by atoms with Gasteiger partial charge in [0, 0.05) is 24.8 Å². The molecule has 0 bridgehead atoms. The van der Waals surface area contributed by atoms with Gasteiger partial charge in [-0.3, -0.25) is 9.88 Å². The minimum Gasteiger partial charge on any atom is -0.329 e. The molecule has 0 spiro atoms. The molecule has 1 rings (SSSR count). The summed E-state index contributed by atoms with van der Waals surface area (Å²) < 4.78 is 0. The Bertz CT molecular complexity index is 349. The summed E-state index contributed by atoms with van der Waals surface area (Å²) in [7, 11) is 0. The largest absolute Gasteiger partial charge is 0.329 e. The normalized spacial score (nSPS) is 13.3. The van der Waals surface area contributed by atoms with Crippen molar-refractivity contribution < 1.29 is 0 Å². The zero-order valence-electron chi connectivity index (χ0n) is 12.2. The van der Waals surface area contributed by atoms with Crippen LogP contribution in [0.15, 0.2) is 18.2 Å². The lowest BCUT2D eigenvalue weighted by Gasteiger charge is -2.30. The van der Waals surface area contributed by atoms with Crippen LogP contribution in [0.3, 0.4) is 0 Å². The standard InChI is InChI=1S/C15H27N3/c1-5-18(15(10-16)9-12(2)3)11-14-8-6-7-13(4)17-14/h6-8,12,15H,5,9-11,16H2,1-4H3. The fraction of sp³-hybridized carbons (Fsp3) is 0.667. The minimum atomic E-state index is 0.456. The molecule has 1 unspecified atom stereocenters. The van der Waals surface area contributed by atoms with Crippen molar-refractivity contribution in [3.05, 3.63) is 29.6 Å². The van der Waals surface area contributed by atoms with Gasteiger partial charge in [-0.05, 0) is 37.9 Å². The van der Waals surface area contributed by atoms with Gasteiger partial charge in [-0.1, -0.05) is 26.8 Å². The van der Waals surface area contributed by atoms with Crippen molar-refractivity contribution in [1.29, 1.82) is 0 Å². The van der Waals surface area contributed by atoms with Crippen LogP contribution in [-0.2, 0) is 6.54 Å². The van der Waals surface area contributed by atoms with Gasteiger partial charge in [-0.25, -0.2) is 0 Å². The van der Waals surface area contributed by atoms with Crippen LogP contribution in [0.5, 0.6) is 0 Å². The van der Waals surface area contributed by atoms with Crippen molar-refractivity contribution in [2.75, 3.05) is 13.1 Å². The molecule has 0 saturated carbocycles. The van der Waals surface area contributed by atoms with Crippen LogP contribution in [0, 0.1) is 12.8 Å². The van der Waals surface area contributed by atoms with Crippen LogP contribution in [0.2, 0.25) is 0 Å². The van der Waals surface area contributed by atoms with Gasteiger partial charge >= 0.3 is 0 Å². The Balaban J connectivity index is 2.70. The summed E-state index contributed by atoms with van der Waals surface area (Å²) in [6.45, 7) is 11.4. The summed E-state index contributed by atoms with van der Waals surface area (Å²) in [5.41, 5.74) is 8.14. The van der Waals surface area contributed by atoms with Gasteiger partial charge in [0.2, 0.25) is 0 Å². The van der Waals surface area contributed by atoms with Crippen molar-refractivity contribution in [2.24, 2.45) is 11.7 Å². The third kappa shape index (κ3) is 4.75. The molecule has 1 atom stereocenters. The molecule has 0 aromatic carbocycles. The first kappa shape index (κ1) is 15.1. The van der Waals surface area contributed by atoms with E-state index < -0.39 is 0 Å². The summed E-state index contributed by atoms with van der Waals surface area (Å²) >= 11 is 0. The molecule has 1 heterocycles. The highest BCUT2D eigenvalue weighted by Gasteiger charge is 2.17. The minimum absolute atomic E-state index is 0.456. The lowest BCUT2D eigenvalue weighted by Crippen LogP contribution is -2.41. The molecule has 3 heteroatoms. The number of rotatable bonds is 7. The number of hydrogen-bond acceptors (Lipinski definition) is 3. The topological polar surface area (TPSA) is 42.2 Å². The lowest BCUT2D eigenvalue weighted by molar-refractivity contribution is 0.176. The highest BCUT2D eigenvalue weighted by Crippen LogP contribution is 2.13. The van der Waals surface area contributed by atoms with Gasteiger partial charge < -0.3 is 5.73 Å². The summed E-state index contributed by atoms with van der Waals surface area (Å²) in [6, 6.07) is 6.66. The first-order chi connectivity index (χ1) is 8.56. The molecular weight excluding hydrogens is 222 g/mol. The van der Waals surface area contributed by atoms with E-state index >= 15 is 0 Å². The molecule has 0 aliphatic rings. The van der Waals surface area contributed by atoms with Crippen molar-refractivity contribution in [3.8, 4) is 0 Å². The van der Waals surface area contributed by atoms with E-state index in [1.807, 2.05) is 13.0 Å². The molecule has 102 valence electrons. The van der Waals surface area contributed by atoms with E-state index in [0.717, 1.165) is 37.4 Å². The second kappa shape index (κ2) is 7.49. The highest BCUT2D eigenvalue weighted by molar-refractivity contribution is 5.09. The fourth-order valence-electron chi connectivity index (χ4n) is 2.33. The smallest absolute Gasteiger partial charge is 0.0547 e. The zero-order valence-corrected chi connectivity index (χ0v) is 12.2. The molecule has 0 radical (unpaired) electrons. The molecular formula is C15H27N3. The number of hydrogen-bond donors (Lipinski definition) is 1. The van der Waals surface area contributed by atoms with Crippen LogP contribution in [0.25, 0.3) is 0 Å². The van der Waals surface area contributed by atoms with Crippen molar-refractivity contribution in [1.82, 2.24) is 9.88 Å². The monoisotopic (exact) mass is 249 g/mol. The number of aromatic nitrogens is 1. The van der Waals surface area contributed by atoms with Crippen LogP contribution in [0.4, 0.5) is 0 Å². The average Bonchev–Trinajstić information content (AvgIpc) is 2.33. The van der Waals surface area contributed by atoms with Gasteiger partial charge in [0.25, 0.3) is 0 Å². The number of likely N-dealkylation sites (N-methyl/N-ethyl adjacent to an activating group) is 1. The van der Waals surface area contributed by atoms with Crippen LogP contribution < -0.4 is 5.73 Å². The average molecular weight is 249 g/mol. The van der Waals surface area contributed by atoms with E-state index in [2.05, 4.69) is 42.8 Å². The second-order valence-electron chi connectivity index (χ2n) is 5.35. The van der Waals surface area contributed by atoms with Crippen molar-refractivity contribution in [3.63, 3.8) is 0 Å². The van der Waals surface area contributed by atoms with E-state index in [-0.39, 0.29) is 0 Å². The first-order valence-corrected chi connectivity index (χ1v) is 6.93. The Labute approximate surface area is 111 Å². The number of aryl methyl sites for hydroxylation is 1. The number of pyridine rings is 1. The molecule has 18 heavy (non-hydrogen) atoms. The number of nitrogens with two attached hydrogens (primary N) is 1. The molecule has 0 amide bonds. The molecule has 3 nitrogen and oxygen atoms in total. The summed E-state index contributed by atoms with van der Waals surface area (Å²) in [6.07, 6.45) is 1.15. The summed E-state index contributed by atoms with van der Waals surface area (Å²) in [4.78, 5) is 7.01. The SMILES string of the molecule is CCN(Cc1cccc(C)n1)C(CN)CC(C)C. The third-order valence-corrected chi connectivity index (χ3v) is 3.25. The third-order valence-electron chi connectivity index (χ3n) is 3.25. The second-order valence-corrected chi connectivity index (χ2v) is 5.35. The van der Waals surface area contributed by atoms with E-state index in [1.165, 1.54) is 0 Å². The molecule has 0 aliphatic carbocycles. The Morgan fingerprint density at radius 2 is 2.06 bits per heavy atom. The van der Waals surface area contributed by atoms with E-state index in [1.54, 1.807) is 0 Å². The van der Waals surface area contributed by atoms with Gasteiger partial charge in [0.05, 0.1) is 5.69 Å². The molecule has 2 N–H and O–H groups in total.